The molecule has 3 aromatic carbocycles. The highest BCUT2D eigenvalue weighted by Crippen LogP contribution is 2.27. The minimum absolute atomic E-state index is 0.0465. The molecule has 4 aromatic rings. The highest BCUT2D eigenvalue weighted by Gasteiger charge is 2.09. The Morgan fingerprint density at radius 1 is 1.07 bits per heavy atom. The van der Waals surface area contributed by atoms with Crippen molar-refractivity contribution >= 4 is 46.1 Å². The quantitative estimate of drug-likeness (QED) is 0.400. The second kappa shape index (κ2) is 8.09. The summed E-state index contributed by atoms with van der Waals surface area (Å²) >= 11 is 7.50. The van der Waals surface area contributed by atoms with E-state index in [1.807, 2.05) is 55.5 Å². The molecule has 0 spiro atoms. The van der Waals surface area contributed by atoms with Crippen molar-refractivity contribution < 1.29 is 9.21 Å². The Kier molecular flexibility index (Phi) is 5.37. The van der Waals surface area contributed by atoms with Gasteiger partial charge in [0, 0.05) is 21.2 Å². The third-order valence-electron chi connectivity index (χ3n) is 4.16. The maximum atomic E-state index is 12.2. The van der Waals surface area contributed by atoms with Crippen LogP contribution in [0.15, 0.2) is 76.0 Å². The number of fused-ring (bicyclic) bond motifs is 1. The molecule has 0 aliphatic heterocycles. The van der Waals surface area contributed by atoms with E-state index in [9.17, 15) is 4.79 Å². The van der Waals surface area contributed by atoms with E-state index in [2.05, 4.69) is 10.3 Å². The Morgan fingerprint density at radius 2 is 1.82 bits per heavy atom. The summed E-state index contributed by atoms with van der Waals surface area (Å²) in [6.45, 7) is 2.04. The van der Waals surface area contributed by atoms with Gasteiger partial charge in [-0.05, 0) is 61.5 Å². The fraction of sp³-hybridized carbons (Fsp3) is 0.0909. The largest absolute Gasteiger partial charge is 0.436 e. The fourth-order valence-corrected chi connectivity index (χ4v) is 3.57. The van der Waals surface area contributed by atoms with Crippen molar-refractivity contribution in [2.45, 2.75) is 11.8 Å². The number of anilines is 1. The van der Waals surface area contributed by atoms with E-state index in [0.29, 0.717) is 27.8 Å². The van der Waals surface area contributed by atoms with Gasteiger partial charge in [0.15, 0.2) is 5.58 Å². The molecule has 0 atom stereocenters. The first-order valence-corrected chi connectivity index (χ1v) is 10.1. The van der Waals surface area contributed by atoms with Crippen LogP contribution in [0.5, 0.6) is 0 Å². The molecule has 1 heterocycles. The van der Waals surface area contributed by atoms with Gasteiger partial charge in [0.1, 0.15) is 5.52 Å². The van der Waals surface area contributed by atoms with Gasteiger partial charge < -0.3 is 9.73 Å². The van der Waals surface area contributed by atoms with E-state index >= 15 is 0 Å². The number of hydrogen-bond acceptors (Lipinski definition) is 4. The normalized spacial score (nSPS) is 10.9. The minimum atomic E-state index is -0.0465. The SMILES string of the molecule is Cc1ccc(SCC(=O)Nc2ccc(-c3nc4cc(Cl)ccc4o3)cc2)cc1. The minimum Gasteiger partial charge on any atom is -0.436 e. The molecule has 28 heavy (non-hydrogen) atoms. The van der Waals surface area contributed by atoms with Crippen LogP contribution in [0, 0.1) is 6.92 Å². The van der Waals surface area contributed by atoms with E-state index < -0.39 is 0 Å². The van der Waals surface area contributed by atoms with Gasteiger partial charge in [0.05, 0.1) is 5.75 Å². The van der Waals surface area contributed by atoms with Gasteiger partial charge >= 0.3 is 0 Å². The van der Waals surface area contributed by atoms with Crippen LogP contribution in [0.1, 0.15) is 5.56 Å². The van der Waals surface area contributed by atoms with Crippen molar-refractivity contribution in [3.63, 3.8) is 0 Å². The number of carbonyl (C=O) groups is 1. The smallest absolute Gasteiger partial charge is 0.234 e. The lowest BCUT2D eigenvalue weighted by Gasteiger charge is -2.06. The summed E-state index contributed by atoms with van der Waals surface area (Å²) in [5, 5.41) is 3.53. The number of nitrogens with one attached hydrogen (secondary N) is 1. The monoisotopic (exact) mass is 408 g/mol. The molecule has 4 rings (SSSR count). The number of carbonyl (C=O) groups excluding carboxylic acids is 1. The number of benzene rings is 3. The molecular formula is C22H17ClN2O2S. The Morgan fingerprint density at radius 3 is 2.57 bits per heavy atom. The fourth-order valence-electron chi connectivity index (χ4n) is 2.70. The van der Waals surface area contributed by atoms with Crippen LogP contribution in [0.3, 0.4) is 0 Å². The summed E-state index contributed by atoms with van der Waals surface area (Å²) in [4.78, 5) is 17.7. The number of thioether (sulfide) groups is 1. The van der Waals surface area contributed by atoms with Gasteiger partial charge in [0.25, 0.3) is 0 Å². The average Bonchev–Trinajstić information content (AvgIpc) is 3.11. The molecule has 0 radical (unpaired) electrons. The zero-order valence-electron chi connectivity index (χ0n) is 15.1. The molecule has 0 saturated heterocycles. The molecule has 4 nitrogen and oxygen atoms in total. The maximum absolute atomic E-state index is 12.2. The van der Waals surface area contributed by atoms with Gasteiger partial charge in [-0.3, -0.25) is 4.79 Å². The van der Waals surface area contributed by atoms with E-state index in [4.69, 9.17) is 16.0 Å². The molecule has 0 fully saturated rings. The van der Waals surface area contributed by atoms with Crippen molar-refractivity contribution in [1.29, 1.82) is 0 Å². The number of halogens is 1. The van der Waals surface area contributed by atoms with Crippen LogP contribution in [-0.2, 0) is 4.79 Å². The topological polar surface area (TPSA) is 55.1 Å². The van der Waals surface area contributed by atoms with Crippen LogP contribution >= 0.6 is 23.4 Å². The van der Waals surface area contributed by atoms with Crippen LogP contribution in [0.2, 0.25) is 5.02 Å². The zero-order chi connectivity index (χ0) is 19.5. The van der Waals surface area contributed by atoms with E-state index in [-0.39, 0.29) is 5.91 Å². The van der Waals surface area contributed by atoms with Crippen molar-refractivity contribution in [2.24, 2.45) is 0 Å². The van der Waals surface area contributed by atoms with Crippen molar-refractivity contribution in [3.05, 3.63) is 77.3 Å². The molecule has 6 heteroatoms. The van der Waals surface area contributed by atoms with Crippen LogP contribution in [0.25, 0.3) is 22.6 Å². The van der Waals surface area contributed by atoms with Crippen LogP contribution in [0.4, 0.5) is 5.69 Å². The number of hydrogen-bond donors (Lipinski definition) is 1. The van der Waals surface area contributed by atoms with Crippen molar-refractivity contribution in [3.8, 4) is 11.5 Å². The van der Waals surface area contributed by atoms with Gasteiger partial charge in [-0.1, -0.05) is 29.3 Å². The van der Waals surface area contributed by atoms with Crippen LogP contribution in [-0.4, -0.2) is 16.6 Å². The lowest BCUT2D eigenvalue weighted by Crippen LogP contribution is -2.13. The van der Waals surface area contributed by atoms with Crippen LogP contribution < -0.4 is 5.32 Å². The summed E-state index contributed by atoms with van der Waals surface area (Å²) in [7, 11) is 0. The molecule has 0 aliphatic rings. The number of amides is 1. The number of oxazole rings is 1. The summed E-state index contributed by atoms with van der Waals surface area (Å²) in [5.74, 6) is 0.830. The molecule has 0 saturated carbocycles. The second-order valence-corrected chi connectivity index (χ2v) is 7.84. The predicted molar refractivity (Wildman–Crippen MR) is 115 cm³/mol. The third kappa shape index (κ3) is 4.38. The number of aromatic nitrogens is 1. The lowest BCUT2D eigenvalue weighted by atomic mass is 10.2. The van der Waals surface area contributed by atoms with Crippen molar-refractivity contribution in [2.75, 3.05) is 11.1 Å². The zero-order valence-corrected chi connectivity index (χ0v) is 16.7. The Balaban J connectivity index is 1.39. The van der Waals surface area contributed by atoms with E-state index in [1.54, 1.807) is 18.2 Å². The summed E-state index contributed by atoms with van der Waals surface area (Å²) < 4.78 is 5.77. The molecule has 1 N–H and O–H groups in total. The second-order valence-electron chi connectivity index (χ2n) is 6.36. The molecule has 1 aromatic heterocycles. The molecule has 140 valence electrons. The van der Waals surface area contributed by atoms with Crippen molar-refractivity contribution in [1.82, 2.24) is 4.98 Å². The summed E-state index contributed by atoms with van der Waals surface area (Å²) in [6.07, 6.45) is 0. The molecular weight excluding hydrogens is 392 g/mol. The first kappa shape index (κ1) is 18.6. The highest BCUT2D eigenvalue weighted by molar-refractivity contribution is 8.00. The molecule has 1 amide bonds. The summed E-state index contributed by atoms with van der Waals surface area (Å²) in [5.41, 5.74) is 4.17. The molecule has 0 bridgehead atoms. The van der Waals surface area contributed by atoms with Gasteiger partial charge in [0.2, 0.25) is 11.8 Å². The first-order chi connectivity index (χ1) is 13.6. The molecule has 0 aliphatic carbocycles. The first-order valence-electron chi connectivity index (χ1n) is 8.73. The van der Waals surface area contributed by atoms with Gasteiger partial charge in [-0.15, -0.1) is 11.8 Å². The van der Waals surface area contributed by atoms with E-state index in [1.165, 1.54) is 17.3 Å². The summed E-state index contributed by atoms with van der Waals surface area (Å²) in [6, 6.07) is 20.9. The standard InChI is InChI=1S/C22H17ClN2O2S/c1-14-2-9-18(10-3-14)28-13-21(26)24-17-7-4-15(5-8-17)22-25-19-12-16(23)6-11-20(19)27-22/h2-12H,13H2,1H3,(H,24,26). The van der Waals surface area contributed by atoms with E-state index in [0.717, 1.165) is 16.1 Å². The Bertz CT molecular complexity index is 1120. The highest BCUT2D eigenvalue weighted by atomic mass is 35.5. The Labute approximate surface area is 171 Å². The molecule has 0 unspecified atom stereocenters. The number of aryl methyl sites for hydroxylation is 1. The third-order valence-corrected chi connectivity index (χ3v) is 5.40. The number of nitrogens with zero attached hydrogens (tertiary/aromatic N) is 1. The predicted octanol–water partition coefficient (Wildman–Crippen LogP) is 6.19. The van der Waals surface area contributed by atoms with Gasteiger partial charge in [-0.2, -0.15) is 0 Å². The maximum Gasteiger partial charge on any atom is 0.234 e. The Hall–Kier alpha value is -2.76. The lowest BCUT2D eigenvalue weighted by molar-refractivity contribution is -0.113. The number of rotatable bonds is 5. The average molecular weight is 409 g/mol. The van der Waals surface area contributed by atoms with Gasteiger partial charge in [-0.25, -0.2) is 4.98 Å².